The van der Waals surface area contributed by atoms with Gasteiger partial charge in [0, 0.05) is 48.0 Å². The summed E-state index contributed by atoms with van der Waals surface area (Å²) < 4.78 is 7.81. The van der Waals surface area contributed by atoms with Crippen molar-refractivity contribution in [2.24, 2.45) is 0 Å². The number of benzene rings is 2. The molecule has 1 aromatic heterocycles. The van der Waals surface area contributed by atoms with Crippen molar-refractivity contribution in [3.8, 4) is 0 Å². The molecule has 0 atom stereocenters. The smallest absolute Gasteiger partial charge is 0.0594 e. The Morgan fingerprint density at radius 1 is 0.964 bits per heavy atom. The number of morpholine rings is 1. The molecule has 1 aliphatic rings. The minimum atomic E-state index is 0. The largest absolute Gasteiger partial charge is 0.379 e. The van der Waals surface area contributed by atoms with Gasteiger partial charge < -0.3 is 14.6 Å². The third-order valence-electron chi connectivity index (χ3n) is 5.41. The van der Waals surface area contributed by atoms with E-state index in [1.54, 1.807) is 0 Å². The first-order chi connectivity index (χ1) is 12.9. The van der Waals surface area contributed by atoms with Crippen LogP contribution in [0.1, 0.15) is 18.9 Å². The fraction of sp³-hybridized carbons (Fsp3) is 0.455. The number of aromatic nitrogens is 1. The number of hydrogen-bond donors (Lipinski definition) is 1. The van der Waals surface area contributed by atoms with Gasteiger partial charge >= 0.3 is 0 Å². The van der Waals surface area contributed by atoms with Crippen LogP contribution < -0.4 is 5.32 Å². The predicted octanol–water partition coefficient (Wildman–Crippen LogP) is 4.47. The molecule has 0 aliphatic carbocycles. The van der Waals surface area contributed by atoms with E-state index in [1.165, 1.54) is 40.3 Å². The highest BCUT2D eigenvalue weighted by molar-refractivity contribution is 6.08. The molecule has 28 heavy (non-hydrogen) atoms. The molecule has 154 valence electrons. The average Bonchev–Trinajstić information content (AvgIpc) is 3.01. The van der Waals surface area contributed by atoms with E-state index in [9.17, 15) is 0 Å². The summed E-state index contributed by atoms with van der Waals surface area (Å²) in [6, 6.07) is 15.6. The maximum Gasteiger partial charge on any atom is 0.0594 e. The maximum atomic E-state index is 5.40. The average molecular weight is 424 g/mol. The van der Waals surface area contributed by atoms with Gasteiger partial charge in [-0.2, -0.15) is 0 Å². The Morgan fingerprint density at radius 2 is 1.71 bits per heavy atom. The van der Waals surface area contributed by atoms with Gasteiger partial charge in [-0.25, -0.2) is 0 Å². The second-order valence-electron chi connectivity index (χ2n) is 7.10. The summed E-state index contributed by atoms with van der Waals surface area (Å²) in [6.45, 7) is 10.3. The van der Waals surface area contributed by atoms with E-state index in [-0.39, 0.29) is 24.8 Å². The van der Waals surface area contributed by atoms with Crippen LogP contribution in [0.2, 0.25) is 0 Å². The molecule has 2 heterocycles. The Bertz CT molecular complexity index is 875. The van der Waals surface area contributed by atoms with Crippen molar-refractivity contribution in [2.45, 2.75) is 26.4 Å². The summed E-state index contributed by atoms with van der Waals surface area (Å²) in [5, 5.41) is 6.34. The topological polar surface area (TPSA) is 29.4 Å². The number of aryl methyl sites for hydroxylation is 1. The van der Waals surface area contributed by atoms with E-state index >= 15 is 0 Å². The first kappa shape index (κ1) is 23.0. The zero-order valence-corrected chi connectivity index (χ0v) is 18.2. The summed E-state index contributed by atoms with van der Waals surface area (Å²) in [4.78, 5) is 2.50. The van der Waals surface area contributed by atoms with Crippen molar-refractivity contribution in [2.75, 3.05) is 39.4 Å². The van der Waals surface area contributed by atoms with Crippen molar-refractivity contribution in [3.05, 3.63) is 48.0 Å². The monoisotopic (exact) mass is 423 g/mol. The summed E-state index contributed by atoms with van der Waals surface area (Å²) in [5.74, 6) is 0. The second kappa shape index (κ2) is 11.0. The Kier molecular flexibility index (Phi) is 9.06. The van der Waals surface area contributed by atoms with E-state index < -0.39 is 0 Å². The molecule has 2 aromatic carbocycles. The van der Waals surface area contributed by atoms with E-state index in [1.807, 2.05) is 0 Å². The predicted molar refractivity (Wildman–Crippen MR) is 123 cm³/mol. The van der Waals surface area contributed by atoms with Gasteiger partial charge in [0.2, 0.25) is 0 Å². The van der Waals surface area contributed by atoms with Crippen LogP contribution in [-0.4, -0.2) is 48.9 Å². The van der Waals surface area contributed by atoms with Crippen LogP contribution in [0.15, 0.2) is 42.5 Å². The fourth-order valence-corrected chi connectivity index (χ4v) is 4.04. The number of ether oxygens (including phenoxy) is 1. The zero-order valence-electron chi connectivity index (χ0n) is 16.5. The molecule has 6 heteroatoms. The quantitative estimate of drug-likeness (QED) is 0.568. The van der Waals surface area contributed by atoms with Gasteiger partial charge in [0.25, 0.3) is 0 Å². The highest BCUT2D eigenvalue weighted by atomic mass is 35.5. The molecular weight excluding hydrogens is 393 g/mol. The lowest BCUT2D eigenvalue weighted by molar-refractivity contribution is 0.0374. The number of para-hydroxylation sites is 1. The normalized spacial score (nSPS) is 14.8. The molecule has 0 radical (unpaired) electrons. The van der Waals surface area contributed by atoms with Crippen LogP contribution in [0.5, 0.6) is 0 Å². The summed E-state index contributed by atoms with van der Waals surface area (Å²) in [7, 11) is 0. The summed E-state index contributed by atoms with van der Waals surface area (Å²) in [6.07, 6.45) is 1.19. The standard InChI is InChI=1S/C22H29N3O.2ClH/c1-2-25-21-7-4-3-6-19(21)20-16-18(8-9-22(20)25)17-23-10-5-11-24-12-14-26-15-13-24;;/h3-4,6-9,16,23H,2,5,10-15,17H2,1H3;2*1H. The van der Waals surface area contributed by atoms with Gasteiger partial charge in [-0.05, 0) is 50.2 Å². The lowest BCUT2D eigenvalue weighted by Crippen LogP contribution is -2.37. The van der Waals surface area contributed by atoms with Crippen LogP contribution in [0, 0.1) is 0 Å². The van der Waals surface area contributed by atoms with E-state index in [2.05, 4.69) is 64.2 Å². The molecule has 1 aliphatic heterocycles. The molecule has 0 spiro atoms. The Labute approximate surface area is 180 Å². The molecule has 0 bridgehead atoms. The molecule has 4 rings (SSSR count). The molecule has 1 N–H and O–H groups in total. The number of hydrogen-bond acceptors (Lipinski definition) is 3. The van der Waals surface area contributed by atoms with Crippen molar-refractivity contribution in [1.82, 2.24) is 14.8 Å². The van der Waals surface area contributed by atoms with Crippen LogP contribution in [0.3, 0.4) is 0 Å². The van der Waals surface area contributed by atoms with Crippen molar-refractivity contribution >= 4 is 46.6 Å². The third-order valence-corrected chi connectivity index (χ3v) is 5.41. The van der Waals surface area contributed by atoms with Crippen molar-refractivity contribution in [1.29, 1.82) is 0 Å². The highest BCUT2D eigenvalue weighted by Gasteiger charge is 2.10. The fourth-order valence-electron chi connectivity index (χ4n) is 4.04. The lowest BCUT2D eigenvalue weighted by Gasteiger charge is -2.26. The van der Waals surface area contributed by atoms with Crippen LogP contribution in [0.25, 0.3) is 21.8 Å². The van der Waals surface area contributed by atoms with Crippen LogP contribution >= 0.6 is 24.8 Å². The van der Waals surface area contributed by atoms with Crippen LogP contribution in [0.4, 0.5) is 0 Å². The Morgan fingerprint density at radius 3 is 2.50 bits per heavy atom. The zero-order chi connectivity index (χ0) is 17.8. The van der Waals surface area contributed by atoms with E-state index in [0.29, 0.717) is 0 Å². The molecule has 0 saturated carbocycles. The number of nitrogens with zero attached hydrogens (tertiary/aromatic N) is 2. The minimum absolute atomic E-state index is 0. The molecular formula is C22H31Cl2N3O. The second-order valence-corrected chi connectivity index (χ2v) is 7.10. The van der Waals surface area contributed by atoms with Gasteiger partial charge in [-0.1, -0.05) is 24.3 Å². The molecule has 0 unspecified atom stereocenters. The molecule has 4 nitrogen and oxygen atoms in total. The van der Waals surface area contributed by atoms with Crippen molar-refractivity contribution in [3.63, 3.8) is 0 Å². The summed E-state index contributed by atoms with van der Waals surface area (Å²) >= 11 is 0. The van der Waals surface area contributed by atoms with E-state index in [0.717, 1.165) is 45.9 Å². The van der Waals surface area contributed by atoms with Crippen LogP contribution in [-0.2, 0) is 17.8 Å². The molecule has 1 fully saturated rings. The number of rotatable bonds is 7. The van der Waals surface area contributed by atoms with Crippen molar-refractivity contribution < 1.29 is 4.74 Å². The minimum Gasteiger partial charge on any atom is -0.379 e. The highest BCUT2D eigenvalue weighted by Crippen LogP contribution is 2.29. The SMILES string of the molecule is CCn1c2ccccc2c2cc(CNCCCN3CCOCC3)ccc21.Cl.Cl. The van der Waals surface area contributed by atoms with E-state index in [4.69, 9.17) is 4.74 Å². The number of fused-ring (bicyclic) bond motifs is 3. The summed E-state index contributed by atoms with van der Waals surface area (Å²) in [5.41, 5.74) is 4.04. The molecule has 1 saturated heterocycles. The van der Waals surface area contributed by atoms with Gasteiger partial charge in [0.15, 0.2) is 0 Å². The first-order valence-electron chi connectivity index (χ1n) is 9.87. The number of halogens is 2. The van der Waals surface area contributed by atoms with Gasteiger partial charge in [0.05, 0.1) is 13.2 Å². The van der Waals surface area contributed by atoms with Gasteiger partial charge in [0.1, 0.15) is 0 Å². The Balaban J connectivity index is 0.00000140. The third kappa shape index (κ3) is 5.00. The first-order valence-corrected chi connectivity index (χ1v) is 9.87. The van der Waals surface area contributed by atoms with Gasteiger partial charge in [-0.15, -0.1) is 24.8 Å². The molecule has 3 aromatic rings. The maximum absolute atomic E-state index is 5.40. The van der Waals surface area contributed by atoms with Gasteiger partial charge in [-0.3, -0.25) is 4.90 Å². The number of nitrogens with one attached hydrogen (secondary N) is 1. The Hall–Kier alpha value is -1.30. The lowest BCUT2D eigenvalue weighted by atomic mass is 10.1. The molecule has 0 amide bonds.